The molecule has 3 rings (SSSR count). The third kappa shape index (κ3) is 6.42. The van der Waals surface area contributed by atoms with Gasteiger partial charge in [-0.25, -0.2) is 14.8 Å². The second-order valence-corrected chi connectivity index (χ2v) is 7.81. The smallest absolute Gasteiger partial charge is 0.405 e. The minimum absolute atomic E-state index is 0.105. The molecule has 0 saturated heterocycles. The summed E-state index contributed by atoms with van der Waals surface area (Å²) in [6.07, 6.45) is 1.08. The Bertz CT molecular complexity index is 1080. The second-order valence-electron chi connectivity index (χ2n) is 7.40. The molecule has 8 nitrogen and oxygen atoms in total. The molecule has 0 aliphatic heterocycles. The highest BCUT2D eigenvalue weighted by molar-refractivity contribution is 6.31. The number of amides is 2. The van der Waals surface area contributed by atoms with Crippen molar-refractivity contribution in [2.24, 2.45) is 5.73 Å². The number of aromatic nitrogens is 2. The molecule has 0 aliphatic carbocycles. The van der Waals surface area contributed by atoms with Crippen LogP contribution < -0.4 is 16.4 Å². The van der Waals surface area contributed by atoms with Gasteiger partial charge in [-0.05, 0) is 36.6 Å². The van der Waals surface area contributed by atoms with Crippen LogP contribution in [0.1, 0.15) is 42.1 Å². The van der Waals surface area contributed by atoms with Gasteiger partial charge in [0.2, 0.25) is 11.9 Å². The first kappa shape index (κ1) is 23.0. The zero-order valence-electron chi connectivity index (χ0n) is 17.5. The number of carboxylic acid groups (broad SMARTS) is 1. The molecule has 1 heterocycles. The summed E-state index contributed by atoms with van der Waals surface area (Å²) in [6, 6.07) is 16.6. The summed E-state index contributed by atoms with van der Waals surface area (Å²) in [5.41, 5.74) is 8.61. The van der Waals surface area contributed by atoms with Gasteiger partial charge < -0.3 is 21.5 Å². The summed E-state index contributed by atoms with van der Waals surface area (Å²) in [5, 5.41) is 14.7. The van der Waals surface area contributed by atoms with Crippen LogP contribution in [0.5, 0.6) is 0 Å². The van der Waals surface area contributed by atoms with Gasteiger partial charge in [-0.1, -0.05) is 54.1 Å². The number of hydrogen-bond acceptors (Lipinski definition) is 5. The van der Waals surface area contributed by atoms with Gasteiger partial charge in [0.1, 0.15) is 0 Å². The van der Waals surface area contributed by atoms with Crippen LogP contribution in [0.3, 0.4) is 0 Å². The molecule has 0 saturated carbocycles. The van der Waals surface area contributed by atoms with Crippen molar-refractivity contribution in [2.45, 2.75) is 31.7 Å². The van der Waals surface area contributed by atoms with Crippen molar-refractivity contribution in [3.63, 3.8) is 0 Å². The van der Waals surface area contributed by atoms with E-state index in [9.17, 15) is 9.59 Å². The number of benzene rings is 2. The predicted molar refractivity (Wildman–Crippen MR) is 123 cm³/mol. The highest BCUT2D eigenvalue weighted by atomic mass is 35.5. The summed E-state index contributed by atoms with van der Waals surface area (Å²) in [4.78, 5) is 31.3. The number of nitrogens with two attached hydrogens (primary N) is 1. The normalized spacial score (nSPS) is 12.6. The maximum atomic E-state index is 11.7. The van der Waals surface area contributed by atoms with E-state index < -0.39 is 12.0 Å². The third-order valence-corrected chi connectivity index (χ3v) is 5.23. The van der Waals surface area contributed by atoms with Crippen molar-refractivity contribution in [2.75, 3.05) is 5.32 Å². The van der Waals surface area contributed by atoms with Crippen molar-refractivity contribution in [1.82, 2.24) is 15.3 Å². The molecular formula is C23H24ClN5O3. The third-order valence-electron chi connectivity index (χ3n) is 4.94. The molecule has 0 spiro atoms. The number of halogens is 1. The quantitative estimate of drug-likeness (QED) is 0.379. The topological polar surface area (TPSA) is 130 Å². The summed E-state index contributed by atoms with van der Waals surface area (Å²) in [6.45, 7) is 1.76. The van der Waals surface area contributed by atoms with Gasteiger partial charge in [-0.15, -0.1) is 0 Å². The molecule has 2 unspecified atom stereocenters. The molecule has 9 heteroatoms. The first-order valence-electron chi connectivity index (χ1n) is 10.0. The van der Waals surface area contributed by atoms with Crippen molar-refractivity contribution < 1.29 is 14.7 Å². The molecule has 0 radical (unpaired) electrons. The van der Waals surface area contributed by atoms with E-state index in [1.165, 1.54) is 6.20 Å². The summed E-state index contributed by atoms with van der Waals surface area (Å²) in [5.74, 6) is -0.401. The van der Waals surface area contributed by atoms with Gasteiger partial charge >= 0.3 is 6.09 Å². The van der Waals surface area contributed by atoms with Crippen molar-refractivity contribution >= 4 is 35.2 Å². The lowest BCUT2D eigenvalue weighted by Gasteiger charge is -2.17. The maximum absolute atomic E-state index is 11.7. The largest absolute Gasteiger partial charge is 0.465 e. The minimum Gasteiger partial charge on any atom is -0.465 e. The molecule has 32 heavy (non-hydrogen) atoms. The summed E-state index contributed by atoms with van der Waals surface area (Å²) < 4.78 is 0. The van der Waals surface area contributed by atoms with E-state index in [1.807, 2.05) is 42.5 Å². The van der Waals surface area contributed by atoms with Crippen LogP contribution in [0.2, 0.25) is 5.02 Å². The Balaban J connectivity index is 1.80. The van der Waals surface area contributed by atoms with E-state index in [1.54, 1.807) is 19.1 Å². The van der Waals surface area contributed by atoms with Crippen LogP contribution in [-0.4, -0.2) is 27.1 Å². The lowest BCUT2D eigenvalue weighted by atomic mass is 9.92. The van der Waals surface area contributed by atoms with Crippen LogP contribution in [0.15, 0.2) is 60.8 Å². The lowest BCUT2D eigenvalue weighted by molar-refractivity contribution is -0.118. The van der Waals surface area contributed by atoms with Crippen LogP contribution >= 0.6 is 11.6 Å². The summed E-state index contributed by atoms with van der Waals surface area (Å²) in [7, 11) is 0. The Labute approximate surface area is 190 Å². The SMILES string of the molecule is CC(NC(=O)O)c1ccc(Nc2ncc(Cl)c(C(CC(N)=O)Cc3ccccc3)n2)cc1. The Morgan fingerprint density at radius 2 is 1.81 bits per heavy atom. The molecule has 2 atom stereocenters. The van der Waals surface area contributed by atoms with Crippen molar-refractivity contribution in [1.29, 1.82) is 0 Å². The van der Waals surface area contributed by atoms with Gasteiger partial charge in [0.15, 0.2) is 0 Å². The van der Waals surface area contributed by atoms with Gasteiger partial charge in [0.05, 0.1) is 23.0 Å². The molecule has 166 valence electrons. The van der Waals surface area contributed by atoms with Crippen molar-refractivity contribution in [3.05, 3.63) is 82.6 Å². The lowest BCUT2D eigenvalue weighted by Crippen LogP contribution is -2.24. The van der Waals surface area contributed by atoms with Gasteiger partial charge in [-0.3, -0.25) is 4.79 Å². The van der Waals surface area contributed by atoms with E-state index in [2.05, 4.69) is 20.6 Å². The van der Waals surface area contributed by atoms with Crippen LogP contribution in [-0.2, 0) is 11.2 Å². The summed E-state index contributed by atoms with van der Waals surface area (Å²) >= 11 is 6.38. The molecule has 0 fully saturated rings. The molecule has 0 bridgehead atoms. The van der Waals surface area contributed by atoms with E-state index in [-0.39, 0.29) is 18.4 Å². The number of carbonyl (C=O) groups excluding carboxylic acids is 1. The van der Waals surface area contributed by atoms with E-state index in [4.69, 9.17) is 22.4 Å². The monoisotopic (exact) mass is 453 g/mol. The highest BCUT2D eigenvalue weighted by Gasteiger charge is 2.21. The van der Waals surface area contributed by atoms with Gasteiger partial charge in [0, 0.05) is 18.0 Å². The number of carbonyl (C=O) groups is 2. The first-order chi connectivity index (χ1) is 15.3. The number of primary amides is 1. The standard InChI is InChI=1S/C23H24ClN5O3/c1-14(27-23(31)32)16-7-9-18(10-8-16)28-22-26-13-19(24)21(29-22)17(12-20(25)30)11-15-5-3-2-4-6-15/h2-10,13-14,17,27H,11-12H2,1H3,(H2,25,30)(H,31,32)(H,26,28,29). The molecule has 0 aliphatic rings. The molecular weight excluding hydrogens is 430 g/mol. The maximum Gasteiger partial charge on any atom is 0.405 e. The zero-order valence-corrected chi connectivity index (χ0v) is 18.2. The minimum atomic E-state index is -1.08. The fourth-order valence-corrected chi connectivity index (χ4v) is 3.63. The number of rotatable bonds is 9. The highest BCUT2D eigenvalue weighted by Crippen LogP contribution is 2.29. The van der Waals surface area contributed by atoms with Crippen LogP contribution in [0.25, 0.3) is 0 Å². The number of anilines is 2. The second kappa shape index (κ2) is 10.6. The fraction of sp³-hybridized carbons (Fsp3) is 0.217. The van der Waals surface area contributed by atoms with Gasteiger partial charge in [-0.2, -0.15) is 0 Å². The Kier molecular flexibility index (Phi) is 7.62. The molecule has 2 amide bonds. The molecule has 3 aromatic rings. The van der Waals surface area contributed by atoms with E-state index in [0.29, 0.717) is 23.1 Å². The molecule has 5 N–H and O–H groups in total. The number of nitrogens with zero attached hydrogens (tertiary/aromatic N) is 2. The van der Waals surface area contributed by atoms with Crippen molar-refractivity contribution in [3.8, 4) is 0 Å². The average molecular weight is 454 g/mol. The van der Waals surface area contributed by atoms with E-state index >= 15 is 0 Å². The van der Waals surface area contributed by atoms with Crippen LogP contribution in [0, 0.1) is 0 Å². The van der Waals surface area contributed by atoms with Crippen LogP contribution in [0.4, 0.5) is 16.4 Å². The van der Waals surface area contributed by atoms with E-state index in [0.717, 1.165) is 16.8 Å². The molecule has 2 aromatic carbocycles. The molecule has 1 aromatic heterocycles. The zero-order chi connectivity index (χ0) is 23.1. The fourth-order valence-electron chi connectivity index (χ4n) is 3.39. The van der Waals surface area contributed by atoms with Gasteiger partial charge in [0.25, 0.3) is 0 Å². The Hall–Kier alpha value is -3.65. The Morgan fingerprint density at radius 1 is 1.12 bits per heavy atom. The first-order valence-corrected chi connectivity index (χ1v) is 10.4. The predicted octanol–water partition coefficient (Wildman–Crippen LogP) is 4.40. The Morgan fingerprint density at radius 3 is 2.44 bits per heavy atom. The average Bonchev–Trinajstić information content (AvgIpc) is 2.75. The number of hydrogen-bond donors (Lipinski definition) is 4. The number of nitrogens with one attached hydrogen (secondary N) is 2.